The molecule has 0 saturated carbocycles. The summed E-state index contributed by atoms with van der Waals surface area (Å²) in [7, 11) is 0. The number of anilines is 2. The van der Waals surface area contributed by atoms with Crippen molar-refractivity contribution < 1.29 is 0 Å². The van der Waals surface area contributed by atoms with Gasteiger partial charge in [-0.2, -0.15) is 10.5 Å². The van der Waals surface area contributed by atoms with E-state index in [2.05, 4.69) is 27.4 Å². The van der Waals surface area contributed by atoms with E-state index in [1.54, 1.807) is 18.3 Å². The highest BCUT2D eigenvalue weighted by Crippen LogP contribution is 2.32. The van der Waals surface area contributed by atoms with E-state index in [4.69, 9.17) is 5.26 Å². The van der Waals surface area contributed by atoms with Crippen LogP contribution in [0.25, 0.3) is 33.3 Å². The fraction of sp³-hybridized carbons (Fsp3) is 0. The summed E-state index contributed by atoms with van der Waals surface area (Å²) in [6.45, 7) is 0. The first-order chi connectivity index (χ1) is 15.7. The molecule has 0 atom stereocenters. The van der Waals surface area contributed by atoms with Crippen LogP contribution in [-0.2, 0) is 0 Å². The van der Waals surface area contributed by atoms with Gasteiger partial charge in [-0.25, -0.2) is 0 Å². The lowest BCUT2D eigenvalue weighted by atomic mass is 9.98. The van der Waals surface area contributed by atoms with E-state index in [1.165, 1.54) is 0 Å². The Morgan fingerprint density at radius 2 is 1.62 bits per heavy atom. The molecule has 0 unspecified atom stereocenters. The maximum absolute atomic E-state index is 9.96. The lowest BCUT2D eigenvalue weighted by Crippen LogP contribution is -1.98. The lowest BCUT2D eigenvalue weighted by Gasteiger charge is -2.12. The summed E-state index contributed by atoms with van der Waals surface area (Å²) in [6, 6.07) is 29.7. The highest BCUT2D eigenvalue weighted by Gasteiger charge is 2.13. The third kappa shape index (κ3) is 3.56. The minimum absolute atomic E-state index is 0.485. The number of benzene rings is 3. The molecule has 32 heavy (non-hydrogen) atoms. The largest absolute Gasteiger partial charge is 0.361 e. The molecule has 0 aliphatic rings. The van der Waals surface area contributed by atoms with Crippen LogP contribution in [0, 0.1) is 22.7 Å². The van der Waals surface area contributed by atoms with Crippen LogP contribution in [0.3, 0.4) is 0 Å². The average Bonchev–Trinajstić information content (AvgIpc) is 3.32. The maximum Gasteiger partial charge on any atom is 0.104 e. The topological polar surface area (TPSA) is 88.3 Å². The normalized spacial score (nSPS) is 10.4. The van der Waals surface area contributed by atoms with Gasteiger partial charge in [-0.3, -0.25) is 4.98 Å². The number of aromatic amines is 1. The Balaban J connectivity index is 1.52. The van der Waals surface area contributed by atoms with Gasteiger partial charge >= 0.3 is 0 Å². The quantitative estimate of drug-likeness (QED) is 0.359. The third-order valence-electron chi connectivity index (χ3n) is 5.38. The van der Waals surface area contributed by atoms with Gasteiger partial charge in [-0.05, 0) is 59.7 Å². The predicted octanol–water partition coefficient (Wildman–Crippen LogP) is 6.38. The molecule has 0 aliphatic carbocycles. The molecule has 2 heterocycles. The predicted molar refractivity (Wildman–Crippen MR) is 126 cm³/mol. The molecular weight excluding hydrogens is 394 g/mol. The second-order valence-corrected chi connectivity index (χ2v) is 7.37. The molecule has 0 amide bonds. The summed E-state index contributed by atoms with van der Waals surface area (Å²) >= 11 is 0. The molecule has 5 aromatic rings. The number of rotatable bonds is 4. The second kappa shape index (κ2) is 8.10. The Kier molecular flexibility index (Phi) is 4.84. The van der Waals surface area contributed by atoms with Gasteiger partial charge in [-0.15, -0.1) is 0 Å². The molecule has 5 heteroatoms. The molecule has 5 rings (SSSR count). The van der Waals surface area contributed by atoms with Crippen LogP contribution in [0.4, 0.5) is 11.4 Å². The highest BCUT2D eigenvalue weighted by atomic mass is 14.9. The smallest absolute Gasteiger partial charge is 0.104 e. The summed E-state index contributed by atoms with van der Waals surface area (Å²) in [5, 5.41) is 23.4. The van der Waals surface area contributed by atoms with Gasteiger partial charge < -0.3 is 10.3 Å². The zero-order valence-electron chi connectivity index (χ0n) is 17.0. The Morgan fingerprint density at radius 3 is 2.44 bits per heavy atom. The van der Waals surface area contributed by atoms with Gasteiger partial charge in [-0.1, -0.05) is 30.3 Å². The Hall–Kier alpha value is -4.87. The zero-order valence-corrected chi connectivity index (χ0v) is 17.0. The minimum Gasteiger partial charge on any atom is -0.361 e. The lowest BCUT2D eigenvalue weighted by molar-refractivity contribution is 1.30. The van der Waals surface area contributed by atoms with E-state index >= 15 is 0 Å². The van der Waals surface area contributed by atoms with E-state index in [-0.39, 0.29) is 0 Å². The van der Waals surface area contributed by atoms with Crippen molar-refractivity contribution in [3.8, 4) is 34.5 Å². The van der Waals surface area contributed by atoms with Gasteiger partial charge in [0.1, 0.15) is 11.6 Å². The van der Waals surface area contributed by atoms with Crippen molar-refractivity contribution in [2.75, 3.05) is 5.32 Å². The van der Waals surface area contributed by atoms with E-state index in [1.807, 2.05) is 72.9 Å². The van der Waals surface area contributed by atoms with Crippen LogP contribution in [0.1, 0.15) is 11.1 Å². The fourth-order valence-corrected chi connectivity index (χ4v) is 3.77. The number of pyridine rings is 1. The van der Waals surface area contributed by atoms with Crippen LogP contribution in [0.2, 0.25) is 0 Å². The van der Waals surface area contributed by atoms with Crippen LogP contribution in [-0.4, -0.2) is 9.97 Å². The first kappa shape index (κ1) is 19.1. The highest BCUT2D eigenvalue weighted by molar-refractivity contribution is 5.85. The Morgan fingerprint density at radius 1 is 0.781 bits per heavy atom. The molecule has 2 aromatic heterocycles. The van der Waals surface area contributed by atoms with Crippen molar-refractivity contribution in [1.82, 2.24) is 9.97 Å². The second-order valence-electron chi connectivity index (χ2n) is 7.37. The van der Waals surface area contributed by atoms with Crippen molar-refractivity contribution in [3.63, 3.8) is 0 Å². The number of nitrogens with zero attached hydrogens (tertiary/aromatic N) is 3. The summed E-state index contributed by atoms with van der Waals surface area (Å²) in [5.74, 6) is 0. The molecule has 0 spiro atoms. The minimum atomic E-state index is 0.485. The van der Waals surface area contributed by atoms with Gasteiger partial charge in [0.15, 0.2) is 0 Å². The number of H-pyrrole nitrogens is 1. The maximum atomic E-state index is 9.96. The average molecular weight is 411 g/mol. The Labute approximate surface area is 185 Å². The van der Waals surface area contributed by atoms with Crippen molar-refractivity contribution in [2.24, 2.45) is 0 Å². The van der Waals surface area contributed by atoms with Crippen LogP contribution in [0.15, 0.2) is 91.3 Å². The van der Waals surface area contributed by atoms with Gasteiger partial charge in [0, 0.05) is 34.5 Å². The number of hydrogen-bond donors (Lipinski definition) is 2. The van der Waals surface area contributed by atoms with Crippen molar-refractivity contribution in [3.05, 3.63) is 102 Å². The summed E-state index contributed by atoms with van der Waals surface area (Å²) < 4.78 is 0. The molecule has 2 N–H and O–H groups in total. The molecule has 150 valence electrons. The Bertz CT molecular complexity index is 1510. The number of hydrogen-bond acceptors (Lipinski definition) is 4. The first-order valence-corrected chi connectivity index (χ1v) is 10.1. The number of aromatic nitrogens is 2. The van der Waals surface area contributed by atoms with Gasteiger partial charge in [0.25, 0.3) is 0 Å². The molecule has 0 radical (unpaired) electrons. The van der Waals surface area contributed by atoms with Crippen molar-refractivity contribution >= 4 is 22.3 Å². The molecule has 5 nitrogen and oxygen atoms in total. The van der Waals surface area contributed by atoms with E-state index in [0.717, 1.165) is 33.3 Å². The van der Waals surface area contributed by atoms with E-state index in [9.17, 15) is 5.26 Å². The third-order valence-corrected chi connectivity index (χ3v) is 5.38. The van der Waals surface area contributed by atoms with Crippen molar-refractivity contribution in [2.45, 2.75) is 0 Å². The monoisotopic (exact) mass is 411 g/mol. The van der Waals surface area contributed by atoms with Gasteiger partial charge in [0.2, 0.25) is 0 Å². The fourth-order valence-electron chi connectivity index (χ4n) is 3.77. The van der Waals surface area contributed by atoms with Crippen molar-refractivity contribution in [1.29, 1.82) is 10.5 Å². The van der Waals surface area contributed by atoms with E-state index < -0.39 is 0 Å². The molecule has 0 aliphatic heterocycles. The zero-order chi connectivity index (χ0) is 21.9. The molecule has 3 aromatic carbocycles. The molecule has 0 fully saturated rings. The van der Waals surface area contributed by atoms with Gasteiger partial charge in [0.05, 0.1) is 23.0 Å². The van der Waals surface area contributed by atoms with Crippen LogP contribution in [0.5, 0.6) is 0 Å². The molecule has 0 bridgehead atoms. The molecular formula is C27H17N5. The number of nitrogens with one attached hydrogen (secondary N) is 2. The standard InChI is InChI=1S/C27H17N5/c28-16-18-4-6-19(7-5-18)20-2-1-3-22(14-20)27-24(17-29)26(11-13-31-27)32-23-8-9-25-21(15-23)10-12-30-25/h1-15,30H,(H,31,32). The molecule has 0 saturated heterocycles. The number of fused-ring (bicyclic) bond motifs is 1. The number of nitriles is 2. The summed E-state index contributed by atoms with van der Waals surface area (Å²) in [4.78, 5) is 7.70. The summed E-state index contributed by atoms with van der Waals surface area (Å²) in [6.07, 6.45) is 3.61. The summed E-state index contributed by atoms with van der Waals surface area (Å²) in [5.41, 5.74) is 7.24. The van der Waals surface area contributed by atoms with Crippen LogP contribution < -0.4 is 5.32 Å². The first-order valence-electron chi connectivity index (χ1n) is 10.1. The van der Waals surface area contributed by atoms with E-state index in [0.29, 0.717) is 22.5 Å². The van der Waals surface area contributed by atoms with Crippen LogP contribution >= 0.6 is 0 Å². The SMILES string of the molecule is N#Cc1ccc(-c2cccc(-c3nccc(Nc4ccc5[nH]ccc5c4)c3C#N)c2)cc1.